The van der Waals surface area contributed by atoms with Gasteiger partial charge in [-0.25, -0.2) is 8.42 Å². The van der Waals surface area contributed by atoms with Crippen molar-refractivity contribution in [1.82, 2.24) is 4.90 Å². The van der Waals surface area contributed by atoms with E-state index in [1.54, 1.807) is 38.0 Å². The monoisotopic (exact) mass is 555 g/mol. The number of anilines is 2. The average molecular weight is 556 g/mol. The lowest BCUT2D eigenvalue weighted by atomic mass is 10.1. The summed E-state index contributed by atoms with van der Waals surface area (Å²) in [6.07, 6.45) is 0. The molecule has 0 bridgehead atoms. The van der Waals surface area contributed by atoms with Crippen molar-refractivity contribution in [2.24, 2.45) is 0 Å². The minimum atomic E-state index is -3.93. The highest BCUT2D eigenvalue weighted by Crippen LogP contribution is 2.28. The number of thioether (sulfide) groups is 1. The normalized spacial score (nSPS) is 11.9. The van der Waals surface area contributed by atoms with E-state index in [1.807, 2.05) is 6.92 Å². The third-order valence-electron chi connectivity index (χ3n) is 5.61. The van der Waals surface area contributed by atoms with E-state index in [0.29, 0.717) is 5.56 Å². The Morgan fingerprint density at radius 3 is 2.08 bits per heavy atom. The van der Waals surface area contributed by atoms with Crippen molar-refractivity contribution in [3.05, 3.63) is 77.9 Å². The minimum Gasteiger partial charge on any atom is -0.506 e. The number of rotatable bonds is 9. The van der Waals surface area contributed by atoms with E-state index in [2.05, 4.69) is 10.6 Å². The highest BCUT2D eigenvalue weighted by Gasteiger charge is 2.30. The molecular formula is C27H29N3O6S2. The number of hydrogen-bond donors (Lipinski definition) is 3. The van der Waals surface area contributed by atoms with Crippen molar-refractivity contribution in [3.8, 4) is 5.75 Å². The summed E-state index contributed by atoms with van der Waals surface area (Å²) in [6.45, 7) is 3.29. The Kier molecular flexibility index (Phi) is 9.18. The molecule has 38 heavy (non-hydrogen) atoms. The van der Waals surface area contributed by atoms with Gasteiger partial charge in [-0.2, -0.15) is 0 Å². The van der Waals surface area contributed by atoms with E-state index >= 15 is 0 Å². The predicted molar refractivity (Wildman–Crippen MR) is 149 cm³/mol. The molecule has 0 aliphatic heterocycles. The SMILES string of the molecule is CCSc1ccc(S(=O)(=O)C(C)C(=O)Nc2ccc(NC(=O)c3ccc(C(=O)N(C)C)cc3)c(O)c2)cc1. The zero-order valence-corrected chi connectivity index (χ0v) is 23.0. The fraction of sp³-hybridized carbons (Fsp3) is 0.222. The van der Waals surface area contributed by atoms with Gasteiger partial charge >= 0.3 is 0 Å². The van der Waals surface area contributed by atoms with E-state index in [-0.39, 0.29) is 33.5 Å². The Hall–Kier alpha value is -3.83. The van der Waals surface area contributed by atoms with Gasteiger partial charge in [-0.1, -0.05) is 6.92 Å². The third-order valence-corrected chi connectivity index (χ3v) is 8.58. The summed E-state index contributed by atoms with van der Waals surface area (Å²) in [5.41, 5.74) is 0.955. The first-order valence-electron chi connectivity index (χ1n) is 11.7. The lowest BCUT2D eigenvalue weighted by Crippen LogP contribution is -2.32. The third kappa shape index (κ3) is 6.73. The summed E-state index contributed by atoms with van der Waals surface area (Å²) in [7, 11) is -0.677. The summed E-state index contributed by atoms with van der Waals surface area (Å²) in [5, 5.41) is 14.1. The van der Waals surface area contributed by atoms with Gasteiger partial charge in [0.2, 0.25) is 5.91 Å². The van der Waals surface area contributed by atoms with Crippen molar-refractivity contribution < 1.29 is 27.9 Å². The minimum absolute atomic E-state index is 0.0422. The Bertz CT molecular complexity index is 1440. The topological polar surface area (TPSA) is 133 Å². The van der Waals surface area contributed by atoms with Crippen LogP contribution in [0.3, 0.4) is 0 Å². The maximum Gasteiger partial charge on any atom is 0.255 e. The van der Waals surface area contributed by atoms with Crippen LogP contribution in [0, 0.1) is 0 Å². The second-order valence-corrected chi connectivity index (χ2v) is 12.1. The predicted octanol–water partition coefficient (Wildman–Crippen LogP) is 4.26. The van der Waals surface area contributed by atoms with Crippen molar-refractivity contribution in [2.75, 3.05) is 30.5 Å². The molecule has 0 fully saturated rings. The summed E-state index contributed by atoms with van der Waals surface area (Å²) in [5.74, 6) is -0.940. The molecule has 3 aromatic carbocycles. The maximum absolute atomic E-state index is 12.9. The average Bonchev–Trinajstić information content (AvgIpc) is 2.89. The molecule has 0 saturated carbocycles. The first kappa shape index (κ1) is 28.7. The molecule has 11 heteroatoms. The molecule has 200 valence electrons. The highest BCUT2D eigenvalue weighted by molar-refractivity contribution is 7.99. The molecule has 0 aliphatic rings. The van der Waals surface area contributed by atoms with E-state index in [9.17, 15) is 27.9 Å². The molecule has 3 rings (SSSR count). The van der Waals surface area contributed by atoms with Crippen LogP contribution in [0.15, 0.2) is 76.5 Å². The number of sulfone groups is 1. The summed E-state index contributed by atoms with van der Waals surface area (Å²) < 4.78 is 25.8. The fourth-order valence-corrected chi connectivity index (χ4v) is 5.34. The van der Waals surface area contributed by atoms with Crippen LogP contribution >= 0.6 is 11.8 Å². The van der Waals surface area contributed by atoms with Gasteiger partial charge in [-0.15, -0.1) is 11.8 Å². The largest absolute Gasteiger partial charge is 0.506 e. The molecule has 1 atom stereocenters. The molecular weight excluding hydrogens is 526 g/mol. The second kappa shape index (κ2) is 12.1. The summed E-state index contributed by atoms with van der Waals surface area (Å²) >= 11 is 1.58. The quantitative estimate of drug-likeness (QED) is 0.265. The van der Waals surface area contributed by atoms with Crippen LogP contribution < -0.4 is 10.6 Å². The molecule has 0 spiro atoms. The van der Waals surface area contributed by atoms with Gasteiger partial charge < -0.3 is 20.6 Å². The van der Waals surface area contributed by atoms with Crippen LogP contribution in [0.1, 0.15) is 34.6 Å². The van der Waals surface area contributed by atoms with Crippen LogP contribution in [0.5, 0.6) is 5.75 Å². The molecule has 0 heterocycles. The first-order valence-corrected chi connectivity index (χ1v) is 14.2. The zero-order valence-electron chi connectivity index (χ0n) is 21.4. The summed E-state index contributed by atoms with van der Waals surface area (Å²) in [4.78, 5) is 39.7. The molecule has 9 nitrogen and oxygen atoms in total. The number of carbonyl (C=O) groups excluding carboxylic acids is 3. The standard InChI is InChI=1S/C27H29N3O6S2/c1-5-37-21-11-13-22(14-12-21)38(35,36)17(2)25(32)28-20-10-15-23(24(31)16-20)29-26(33)18-6-8-19(9-7-18)27(34)30(3)4/h6-17,31H,5H2,1-4H3,(H,28,32)(H,29,33). The molecule has 0 radical (unpaired) electrons. The van der Waals surface area contributed by atoms with Crippen molar-refractivity contribution >= 4 is 50.7 Å². The van der Waals surface area contributed by atoms with Crippen LogP contribution in [0.25, 0.3) is 0 Å². The highest BCUT2D eigenvalue weighted by atomic mass is 32.2. The van der Waals surface area contributed by atoms with Gasteiger partial charge in [-0.3, -0.25) is 14.4 Å². The molecule has 3 aromatic rings. The Morgan fingerprint density at radius 1 is 0.921 bits per heavy atom. The lowest BCUT2D eigenvalue weighted by Gasteiger charge is -2.15. The fourth-order valence-electron chi connectivity index (χ4n) is 3.41. The van der Waals surface area contributed by atoms with Gasteiger partial charge in [0.25, 0.3) is 11.8 Å². The van der Waals surface area contributed by atoms with Crippen LogP contribution in [0.2, 0.25) is 0 Å². The second-order valence-electron chi connectivity index (χ2n) is 8.54. The van der Waals surface area contributed by atoms with E-state index in [1.165, 1.54) is 66.4 Å². The molecule has 1 unspecified atom stereocenters. The molecule has 0 aromatic heterocycles. The van der Waals surface area contributed by atoms with E-state index < -0.39 is 26.9 Å². The molecule has 0 saturated heterocycles. The number of carbonyl (C=O) groups is 3. The number of phenols is 1. The van der Waals surface area contributed by atoms with Gasteiger partial charge in [-0.05, 0) is 73.3 Å². The van der Waals surface area contributed by atoms with Crippen LogP contribution in [-0.4, -0.2) is 61.2 Å². The number of nitrogens with one attached hydrogen (secondary N) is 2. The number of phenolic OH excluding ortho intramolecular Hbond substituents is 1. The first-order chi connectivity index (χ1) is 17.9. The number of benzene rings is 3. The van der Waals surface area contributed by atoms with Gasteiger partial charge in [0, 0.05) is 41.9 Å². The Labute approximate surface area is 226 Å². The van der Waals surface area contributed by atoms with Crippen LogP contribution in [0.4, 0.5) is 11.4 Å². The van der Waals surface area contributed by atoms with E-state index in [4.69, 9.17) is 0 Å². The Balaban J connectivity index is 1.66. The van der Waals surface area contributed by atoms with E-state index in [0.717, 1.165) is 10.6 Å². The van der Waals surface area contributed by atoms with Crippen LogP contribution in [-0.2, 0) is 14.6 Å². The molecule has 0 aliphatic carbocycles. The maximum atomic E-state index is 12.9. The van der Waals surface area contributed by atoms with Crippen molar-refractivity contribution in [2.45, 2.75) is 28.9 Å². The van der Waals surface area contributed by atoms with Crippen molar-refractivity contribution in [1.29, 1.82) is 0 Å². The molecule has 3 amide bonds. The smallest absolute Gasteiger partial charge is 0.255 e. The van der Waals surface area contributed by atoms with Gasteiger partial charge in [0.1, 0.15) is 11.0 Å². The number of aromatic hydroxyl groups is 1. The lowest BCUT2D eigenvalue weighted by molar-refractivity contribution is -0.115. The van der Waals surface area contributed by atoms with Crippen molar-refractivity contribution in [3.63, 3.8) is 0 Å². The van der Waals surface area contributed by atoms with Gasteiger partial charge in [0.15, 0.2) is 9.84 Å². The number of hydrogen-bond acceptors (Lipinski definition) is 7. The number of amides is 3. The molecule has 3 N–H and O–H groups in total. The zero-order chi connectivity index (χ0) is 28.0. The Morgan fingerprint density at radius 2 is 1.53 bits per heavy atom. The summed E-state index contributed by atoms with van der Waals surface area (Å²) in [6, 6.07) is 16.4. The van der Waals surface area contributed by atoms with Gasteiger partial charge in [0.05, 0.1) is 10.6 Å². The number of nitrogens with zero attached hydrogens (tertiary/aromatic N) is 1.